The van der Waals surface area contributed by atoms with E-state index in [1.807, 2.05) is 41.8 Å². The van der Waals surface area contributed by atoms with Gasteiger partial charge < -0.3 is 0 Å². The first-order valence-electron chi connectivity index (χ1n) is 8.86. The van der Waals surface area contributed by atoms with Gasteiger partial charge in [0.05, 0.1) is 10.6 Å². The van der Waals surface area contributed by atoms with Gasteiger partial charge in [-0.2, -0.15) is 4.31 Å². The zero-order valence-corrected chi connectivity index (χ0v) is 17.0. The van der Waals surface area contributed by atoms with Crippen LogP contribution < -0.4 is 0 Å². The van der Waals surface area contributed by atoms with Crippen LogP contribution >= 0.6 is 22.9 Å². The number of halogens is 1. The summed E-state index contributed by atoms with van der Waals surface area (Å²) in [5.74, 6) is 0. The minimum atomic E-state index is -3.40. The van der Waals surface area contributed by atoms with Gasteiger partial charge >= 0.3 is 0 Å². The highest BCUT2D eigenvalue weighted by Crippen LogP contribution is 2.30. The number of hydrogen-bond acceptors (Lipinski definition) is 4. The van der Waals surface area contributed by atoms with E-state index in [9.17, 15) is 8.42 Å². The molecule has 0 spiro atoms. The molecule has 0 atom stereocenters. The van der Waals surface area contributed by atoms with Crippen molar-refractivity contribution < 1.29 is 8.42 Å². The molecule has 1 saturated heterocycles. The van der Waals surface area contributed by atoms with Gasteiger partial charge in [0.1, 0.15) is 5.01 Å². The fourth-order valence-electron chi connectivity index (χ4n) is 3.18. The molecular formula is C20H19ClN2O2S2. The molecule has 4 nitrogen and oxygen atoms in total. The lowest BCUT2D eigenvalue weighted by atomic mass is 10.2. The predicted octanol–water partition coefficient (Wildman–Crippen LogP) is 5.31. The van der Waals surface area contributed by atoms with Gasteiger partial charge in [-0.15, -0.1) is 11.3 Å². The molecule has 0 N–H and O–H groups in total. The molecule has 27 heavy (non-hydrogen) atoms. The summed E-state index contributed by atoms with van der Waals surface area (Å²) in [5.41, 5.74) is 2.76. The molecule has 0 amide bonds. The number of aromatic nitrogens is 1. The molecule has 2 aromatic carbocycles. The van der Waals surface area contributed by atoms with Crippen LogP contribution in [-0.4, -0.2) is 30.8 Å². The van der Waals surface area contributed by atoms with E-state index in [4.69, 9.17) is 11.6 Å². The molecule has 140 valence electrons. The van der Waals surface area contributed by atoms with Crippen molar-refractivity contribution in [2.75, 3.05) is 13.1 Å². The van der Waals surface area contributed by atoms with E-state index in [1.165, 1.54) is 0 Å². The molecule has 0 bridgehead atoms. The van der Waals surface area contributed by atoms with Crippen LogP contribution in [-0.2, 0) is 10.0 Å². The average Bonchev–Trinajstić information content (AvgIpc) is 3.19. The predicted molar refractivity (Wildman–Crippen MR) is 111 cm³/mol. The summed E-state index contributed by atoms with van der Waals surface area (Å²) in [4.78, 5) is 5.03. The Hall–Kier alpha value is -1.73. The van der Waals surface area contributed by atoms with Crippen molar-refractivity contribution in [2.24, 2.45) is 0 Å². The molecule has 1 aliphatic rings. The fourth-order valence-corrected chi connectivity index (χ4v) is 5.66. The molecule has 0 radical (unpaired) electrons. The number of sulfonamides is 1. The minimum absolute atomic E-state index is 0.348. The van der Waals surface area contributed by atoms with Crippen LogP contribution in [0.3, 0.4) is 0 Å². The Morgan fingerprint density at radius 3 is 2.19 bits per heavy atom. The van der Waals surface area contributed by atoms with Crippen LogP contribution in [0.25, 0.3) is 21.8 Å². The summed E-state index contributed by atoms with van der Waals surface area (Å²) in [6, 6.07) is 14.6. The van der Waals surface area contributed by atoms with E-state index >= 15 is 0 Å². The second-order valence-electron chi connectivity index (χ2n) is 6.53. The number of piperidine rings is 1. The molecule has 0 unspecified atom stereocenters. The Bertz CT molecular complexity index is 1020. The van der Waals surface area contributed by atoms with Crippen LogP contribution in [0.4, 0.5) is 0 Å². The van der Waals surface area contributed by atoms with Crippen molar-refractivity contribution in [1.29, 1.82) is 0 Å². The molecule has 2 heterocycles. The van der Waals surface area contributed by atoms with E-state index < -0.39 is 10.0 Å². The zero-order chi connectivity index (χ0) is 18.9. The monoisotopic (exact) mass is 418 g/mol. The van der Waals surface area contributed by atoms with Crippen molar-refractivity contribution in [3.8, 4) is 21.8 Å². The van der Waals surface area contributed by atoms with E-state index in [1.54, 1.807) is 27.8 Å². The van der Waals surface area contributed by atoms with Crippen LogP contribution in [0.15, 0.2) is 58.8 Å². The lowest BCUT2D eigenvalue weighted by Crippen LogP contribution is -2.35. The Morgan fingerprint density at radius 1 is 0.889 bits per heavy atom. The third-order valence-electron chi connectivity index (χ3n) is 4.70. The third-order valence-corrected chi connectivity index (χ3v) is 7.75. The molecular weight excluding hydrogens is 400 g/mol. The van der Waals surface area contributed by atoms with Crippen molar-refractivity contribution in [3.05, 3.63) is 58.9 Å². The second-order valence-corrected chi connectivity index (χ2v) is 9.77. The van der Waals surface area contributed by atoms with Gasteiger partial charge in [-0.3, -0.25) is 0 Å². The van der Waals surface area contributed by atoms with Gasteiger partial charge in [0.25, 0.3) is 0 Å². The first kappa shape index (κ1) is 18.6. The molecule has 4 rings (SSSR count). The topological polar surface area (TPSA) is 50.3 Å². The van der Waals surface area contributed by atoms with Gasteiger partial charge in [0.15, 0.2) is 0 Å². The summed E-state index contributed by atoms with van der Waals surface area (Å²) in [6.07, 6.45) is 2.97. The van der Waals surface area contributed by atoms with Crippen molar-refractivity contribution >= 4 is 33.0 Å². The highest BCUT2D eigenvalue weighted by molar-refractivity contribution is 7.89. The molecule has 0 aliphatic carbocycles. The SMILES string of the molecule is O=S(=O)(c1ccc(-c2csc(-c3ccc(Cl)cc3)n2)cc1)N1CCCCC1. The summed E-state index contributed by atoms with van der Waals surface area (Å²) in [6.45, 7) is 1.22. The van der Waals surface area contributed by atoms with Gasteiger partial charge in [-0.25, -0.2) is 13.4 Å². The first-order chi connectivity index (χ1) is 13.0. The maximum atomic E-state index is 12.8. The lowest BCUT2D eigenvalue weighted by molar-refractivity contribution is 0.346. The molecule has 0 saturated carbocycles. The zero-order valence-electron chi connectivity index (χ0n) is 14.6. The summed E-state index contributed by atoms with van der Waals surface area (Å²) >= 11 is 7.49. The maximum Gasteiger partial charge on any atom is 0.243 e. The summed E-state index contributed by atoms with van der Waals surface area (Å²) in [7, 11) is -3.40. The molecule has 1 aromatic heterocycles. The fraction of sp³-hybridized carbons (Fsp3) is 0.250. The molecule has 7 heteroatoms. The third kappa shape index (κ3) is 3.94. The molecule has 1 fully saturated rings. The maximum absolute atomic E-state index is 12.8. The highest BCUT2D eigenvalue weighted by atomic mass is 35.5. The largest absolute Gasteiger partial charge is 0.243 e. The number of rotatable bonds is 4. The van der Waals surface area contributed by atoms with Gasteiger partial charge in [0, 0.05) is 34.6 Å². The second kappa shape index (κ2) is 7.72. The van der Waals surface area contributed by atoms with Crippen molar-refractivity contribution in [2.45, 2.75) is 24.2 Å². The van der Waals surface area contributed by atoms with Crippen LogP contribution in [0.1, 0.15) is 19.3 Å². The van der Waals surface area contributed by atoms with E-state index in [-0.39, 0.29) is 0 Å². The Labute approximate surface area is 168 Å². The van der Waals surface area contributed by atoms with Gasteiger partial charge in [-0.05, 0) is 37.1 Å². The standard InChI is InChI=1S/C20H19ClN2O2S2/c21-17-8-4-16(5-9-17)20-22-19(14-26-20)15-6-10-18(11-7-15)27(24,25)23-12-2-1-3-13-23/h4-11,14H,1-3,12-13H2. The number of thiazole rings is 1. The number of hydrogen-bond donors (Lipinski definition) is 0. The summed E-state index contributed by atoms with van der Waals surface area (Å²) < 4.78 is 27.1. The van der Waals surface area contributed by atoms with Gasteiger partial charge in [0.2, 0.25) is 10.0 Å². The Morgan fingerprint density at radius 2 is 1.52 bits per heavy atom. The van der Waals surface area contributed by atoms with E-state index in [0.29, 0.717) is 23.0 Å². The van der Waals surface area contributed by atoms with E-state index in [0.717, 1.165) is 41.1 Å². The first-order valence-corrected chi connectivity index (χ1v) is 11.6. The smallest absolute Gasteiger partial charge is 0.236 e. The number of benzene rings is 2. The number of nitrogens with zero attached hydrogens (tertiary/aromatic N) is 2. The molecule has 1 aliphatic heterocycles. The minimum Gasteiger partial charge on any atom is -0.236 e. The van der Waals surface area contributed by atoms with Crippen LogP contribution in [0.2, 0.25) is 5.02 Å². The van der Waals surface area contributed by atoms with Crippen molar-refractivity contribution in [3.63, 3.8) is 0 Å². The lowest BCUT2D eigenvalue weighted by Gasteiger charge is -2.25. The van der Waals surface area contributed by atoms with Crippen LogP contribution in [0, 0.1) is 0 Å². The summed E-state index contributed by atoms with van der Waals surface area (Å²) in [5, 5.41) is 3.59. The normalized spacial score (nSPS) is 15.7. The quantitative estimate of drug-likeness (QED) is 0.577. The average molecular weight is 419 g/mol. The van der Waals surface area contributed by atoms with Crippen molar-refractivity contribution in [1.82, 2.24) is 9.29 Å². The van der Waals surface area contributed by atoms with E-state index in [2.05, 4.69) is 4.98 Å². The Kier molecular flexibility index (Phi) is 5.32. The highest BCUT2D eigenvalue weighted by Gasteiger charge is 2.25. The van der Waals surface area contributed by atoms with Gasteiger partial charge in [-0.1, -0.05) is 42.3 Å². The van der Waals surface area contributed by atoms with Crippen LogP contribution in [0.5, 0.6) is 0 Å². The molecule has 3 aromatic rings. The Balaban J connectivity index is 1.57.